The van der Waals surface area contributed by atoms with Crippen molar-refractivity contribution in [3.63, 3.8) is 0 Å². The van der Waals surface area contributed by atoms with Crippen LogP contribution in [0.2, 0.25) is 0 Å². The molecule has 20 aromatic rings. The van der Waals surface area contributed by atoms with Gasteiger partial charge in [0.15, 0.2) is 0 Å². The Hall–Kier alpha value is -13.1. The van der Waals surface area contributed by atoms with Crippen molar-refractivity contribution in [2.75, 3.05) is 0 Å². The molecule has 0 saturated heterocycles. The van der Waals surface area contributed by atoms with Gasteiger partial charge < -0.3 is 49.8 Å². The molecule has 0 N–H and O–H groups in total. The van der Waals surface area contributed by atoms with Gasteiger partial charge in [-0.25, -0.2) is 0 Å². The largest absolute Gasteiger partial charge is 0.305 e. The molecule has 0 atom stereocenters. The minimum absolute atomic E-state index is 0. The molecule has 0 aliphatic carbocycles. The molecule has 0 unspecified atom stereocenters. The van der Waals surface area contributed by atoms with E-state index in [0.717, 1.165) is 113 Å². The maximum atomic E-state index is 4.36. The van der Waals surface area contributed by atoms with Gasteiger partial charge in [0.25, 0.3) is 0 Å². The van der Waals surface area contributed by atoms with Crippen LogP contribution in [0.5, 0.6) is 0 Å². The van der Waals surface area contributed by atoms with Gasteiger partial charge in [0.2, 0.25) is 0 Å². The van der Waals surface area contributed by atoms with Crippen LogP contribution >= 0.6 is 0 Å². The van der Waals surface area contributed by atoms with Crippen LogP contribution in [0.1, 0.15) is 89.0 Å². The second-order valence-corrected chi connectivity index (χ2v) is 33.0. The third kappa shape index (κ3) is 41.3. The van der Waals surface area contributed by atoms with Crippen LogP contribution in [-0.2, 0) is 101 Å². The fraction of sp³-hybridized carbons (Fsp3) is 0.127. The van der Waals surface area contributed by atoms with Crippen LogP contribution in [-0.4, -0.2) is 49.8 Å². The predicted molar refractivity (Wildman–Crippen MR) is 561 cm³/mol. The van der Waals surface area contributed by atoms with E-state index >= 15 is 0 Å². The normalized spacial score (nSPS) is 9.70. The van der Waals surface area contributed by atoms with E-state index in [9.17, 15) is 0 Å². The van der Waals surface area contributed by atoms with E-state index in [2.05, 4.69) is 298 Å². The van der Waals surface area contributed by atoms with Crippen LogP contribution in [0.4, 0.5) is 0 Å². The maximum absolute atomic E-state index is 4.36. The maximum Gasteiger partial charge on any atom is 0.0190 e. The smallest absolute Gasteiger partial charge is 0.0190 e. The van der Waals surface area contributed by atoms with Crippen molar-refractivity contribution >= 4 is 0 Å². The molecule has 0 aliphatic rings. The average Bonchev–Trinajstić information content (AvgIpc) is 0.854. The van der Waals surface area contributed by atoms with E-state index in [1.54, 1.807) is 0 Å². The number of nitrogens with zero attached hydrogens (tertiary/aromatic N) is 10. The third-order valence-electron chi connectivity index (χ3n) is 20.5. The second-order valence-electron chi connectivity index (χ2n) is 33.0. The summed E-state index contributed by atoms with van der Waals surface area (Å²) in [7, 11) is 0. The molecule has 15 heteroatoms. The van der Waals surface area contributed by atoms with E-state index in [4.69, 9.17) is 0 Å². The van der Waals surface area contributed by atoms with E-state index in [0.29, 0.717) is 0 Å². The van der Waals surface area contributed by atoms with Gasteiger partial charge in [0, 0.05) is 162 Å². The first-order valence-electron chi connectivity index (χ1n) is 45.0. The summed E-state index contributed by atoms with van der Waals surface area (Å²) < 4.78 is 0. The molecule has 0 saturated carbocycles. The molecule has 0 bridgehead atoms. The molecule has 721 valence electrons. The van der Waals surface area contributed by atoms with Gasteiger partial charge in [-0.2, -0.15) is 0 Å². The van der Waals surface area contributed by atoms with E-state index in [1.165, 1.54) is 89.0 Å². The van der Waals surface area contributed by atoms with Crippen molar-refractivity contribution in [3.05, 3.63) is 539 Å². The Bertz CT molecular complexity index is 6160. The van der Waals surface area contributed by atoms with Crippen LogP contribution in [0.15, 0.2) is 390 Å². The Balaban J connectivity index is 0.000000239. The van der Waals surface area contributed by atoms with Crippen LogP contribution in [0, 0.1) is 171 Å². The first-order valence-corrected chi connectivity index (χ1v) is 45.0. The van der Waals surface area contributed by atoms with Crippen molar-refractivity contribution < 1.29 is 101 Å². The van der Waals surface area contributed by atoms with Gasteiger partial charge in [-0.3, -0.25) is 0 Å². The van der Waals surface area contributed by atoms with Crippen molar-refractivity contribution in [2.24, 2.45) is 0 Å². The van der Waals surface area contributed by atoms with Crippen molar-refractivity contribution in [1.82, 2.24) is 49.8 Å². The SMILES string of the molecule is Cc1cc[c-]c(-c2cc(C)ccn2)c1.Cc1cc[c-]c(-c2cc(C)ccn2)c1.Cc1cc[c-]c(-c2cc(C)ccn2)c1.Cc1cc[c-]c(-c2cc(C)ccn2)c1.Cc1cc[c-]c(-c2cc(C)ccn2)c1.Cc1ccc(-c2[c-]ccc(C)c2)nc1.Cc1ccc(-c2[c-]cccc2)nc1.Cc1ccc(-c2[c-]cccc2)nc1.Cc1ccnc(-c2[c-]cccc2)c1.Cc1ccnc(-c2[c-]cccc2)c1.[Ir].[Ir].[Ir].[Ir].[Ir]. The van der Waals surface area contributed by atoms with Gasteiger partial charge in [0.05, 0.1) is 0 Å². The van der Waals surface area contributed by atoms with Gasteiger partial charge in [0.1, 0.15) is 0 Å². The quantitative estimate of drug-likeness (QED) is 0.122. The minimum atomic E-state index is 0. The monoisotopic (exact) mass is 2730 g/mol. The Labute approximate surface area is 904 Å². The molecule has 0 fully saturated rings. The minimum Gasteiger partial charge on any atom is -0.305 e. The summed E-state index contributed by atoms with van der Waals surface area (Å²) in [6.07, 6.45) is 18.4. The van der Waals surface area contributed by atoms with Crippen LogP contribution < -0.4 is 0 Å². The topological polar surface area (TPSA) is 129 Å². The third-order valence-corrected chi connectivity index (χ3v) is 20.5. The Morgan fingerprint density at radius 1 is 0.128 bits per heavy atom. The number of rotatable bonds is 10. The van der Waals surface area contributed by atoms with Gasteiger partial charge in [-0.05, 0) is 185 Å². The molecule has 0 spiro atoms. The van der Waals surface area contributed by atoms with Crippen LogP contribution in [0.3, 0.4) is 0 Å². The summed E-state index contributed by atoms with van der Waals surface area (Å²) >= 11 is 0. The Morgan fingerprint density at radius 2 is 0.284 bits per heavy atom. The summed E-state index contributed by atoms with van der Waals surface area (Å²) in [6.45, 7) is 33.0. The number of benzene rings is 10. The van der Waals surface area contributed by atoms with E-state index in [-0.39, 0.29) is 101 Å². The summed E-state index contributed by atoms with van der Waals surface area (Å²) in [4.78, 5) is 43.1. The van der Waals surface area contributed by atoms with Crippen molar-refractivity contribution in [1.29, 1.82) is 0 Å². The molecule has 10 nitrogen and oxygen atoms in total. The molecule has 10 aromatic carbocycles. The zero-order valence-corrected chi connectivity index (χ0v) is 94.1. The molecular formula is C126H112Ir5N10-10. The number of hydrogen-bond donors (Lipinski definition) is 0. The van der Waals surface area contributed by atoms with Crippen molar-refractivity contribution in [3.8, 4) is 113 Å². The molecule has 5 radical (unpaired) electrons. The van der Waals surface area contributed by atoms with E-state index < -0.39 is 0 Å². The molecule has 10 aromatic heterocycles. The Kier molecular flexibility index (Phi) is 52.0. The zero-order chi connectivity index (χ0) is 96.2. The Morgan fingerprint density at radius 3 is 0.440 bits per heavy atom. The molecule has 0 aliphatic heterocycles. The fourth-order valence-electron chi connectivity index (χ4n) is 13.2. The van der Waals surface area contributed by atoms with Gasteiger partial charge >= 0.3 is 0 Å². The molecule has 20 rings (SSSR count). The zero-order valence-electron chi connectivity index (χ0n) is 82.1. The summed E-state index contributed by atoms with van der Waals surface area (Å²) in [5.41, 5.74) is 40.0. The number of aromatic nitrogens is 10. The molecule has 0 amide bonds. The number of pyridine rings is 10. The van der Waals surface area contributed by atoms with E-state index in [1.807, 2.05) is 313 Å². The van der Waals surface area contributed by atoms with Gasteiger partial charge in [-0.1, -0.05) is 159 Å². The van der Waals surface area contributed by atoms with Crippen LogP contribution in [0.25, 0.3) is 113 Å². The number of hydrogen-bond acceptors (Lipinski definition) is 10. The summed E-state index contributed by atoms with van der Waals surface area (Å²) in [5.74, 6) is 0. The second kappa shape index (κ2) is 62.9. The average molecular weight is 2730 g/mol. The van der Waals surface area contributed by atoms with Gasteiger partial charge in [-0.15, -0.1) is 356 Å². The first kappa shape index (κ1) is 117. The van der Waals surface area contributed by atoms with Crippen molar-refractivity contribution in [2.45, 2.75) is 111 Å². The molecule has 141 heavy (non-hydrogen) atoms. The summed E-state index contributed by atoms with van der Waals surface area (Å²) in [5, 5.41) is 0. The number of aryl methyl sites for hydroxylation is 16. The molecule has 10 heterocycles. The first-order chi connectivity index (χ1) is 66.0. The standard InChI is InChI=1S/6C13H12N.4C12H10N.5Ir/c5*1-10-4-3-5-12(8-10)13-9-11(2)6-7-14-13;1-10-4-3-5-12(8-10)13-7-6-11(2)9-14-13;2*1-10-7-8-13-12(9-10)11-5-3-2-4-6-11;2*1-10-7-8-12(13-9-10)11-5-3-2-4-6-11;;;;;/h6*3-4,6-9H,1-2H3;4*2-5,7-9H,1H3;;;;;/q10*-1;;;;;. The fourth-order valence-corrected chi connectivity index (χ4v) is 13.2. The molecular weight excluding hydrogens is 2610 g/mol. The predicted octanol–water partition coefficient (Wildman–Crippen LogP) is 30.4. The summed E-state index contributed by atoms with van der Waals surface area (Å²) in [6, 6.07) is 140.